The Hall–Kier alpha value is -4.92. The van der Waals surface area contributed by atoms with Gasteiger partial charge in [-0.05, 0) is 168 Å². The van der Waals surface area contributed by atoms with Crippen LogP contribution < -0.4 is 0 Å². The van der Waals surface area contributed by atoms with Crippen LogP contribution in [0.4, 0.5) is 17.1 Å². The summed E-state index contributed by atoms with van der Waals surface area (Å²) < 4.78 is 0. The molecule has 0 saturated heterocycles. The van der Waals surface area contributed by atoms with Crippen molar-refractivity contribution >= 4 is 17.1 Å². The first kappa shape index (κ1) is 33.0. The highest BCUT2D eigenvalue weighted by molar-refractivity contribution is 5.89. The van der Waals surface area contributed by atoms with Gasteiger partial charge in [-0.1, -0.05) is 0 Å². The summed E-state index contributed by atoms with van der Waals surface area (Å²) in [6.45, 7) is 22.0. The lowest BCUT2D eigenvalue weighted by atomic mass is 9.81. The molecule has 0 aromatic heterocycles. The molecule has 0 aliphatic heterocycles. The second kappa shape index (κ2) is 11.5. The van der Waals surface area contributed by atoms with E-state index in [4.69, 9.17) is 0 Å². The summed E-state index contributed by atoms with van der Waals surface area (Å²) in [7, 11) is 0. The molecule has 0 bridgehead atoms. The normalized spacial score (nSPS) is 11.2. The number of nitrogens with zero attached hydrogens (tertiary/aromatic N) is 3. The lowest BCUT2D eigenvalue weighted by molar-refractivity contribution is -0.386. The number of nitro benzene ring substituents is 3. The van der Waals surface area contributed by atoms with E-state index < -0.39 is 0 Å². The van der Waals surface area contributed by atoms with Crippen molar-refractivity contribution in [3.63, 3.8) is 0 Å². The Balaban J connectivity index is 2.25. The summed E-state index contributed by atoms with van der Waals surface area (Å²) in [6, 6.07) is 6.16. The van der Waals surface area contributed by atoms with Crippen molar-refractivity contribution < 1.29 is 14.8 Å². The molecule has 0 N–H and O–H groups in total. The van der Waals surface area contributed by atoms with Crippen molar-refractivity contribution in [1.82, 2.24) is 0 Å². The van der Waals surface area contributed by atoms with Crippen LogP contribution in [0.25, 0.3) is 33.4 Å². The minimum Gasteiger partial charge on any atom is -0.258 e. The molecule has 4 aromatic rings. The second-order valence-electron chi connectivity index (χ2n) is 12.2. The quantitative estimate of drug-likeness (QED) is 0.158. The van der Waals surface area contributed by atoms with E-state index in [1.54, 1.807) is 41.5 Å². The van der Waals surface area contributed by atoms with Gasteiger partial charge in [0, 0.05) is 33.4 Å². The maximum Gasteiger partial charge on any atom is 0.275 e. The maximum absolute atomic E-state index is 12.0. The van der Waals surface area contributed by atoms with E-state index in [0.29, 0.717) is 33.4 Å². The molecule has 4 rings (SSSR count). The topological polar surface area (TPSA) is 129 Å². The van der Waals surface area contributed by atoms with Crippen LogP contribution in [-0.4, -0.2) is 14.8 Å². The molecule has 0 spiro atoms. The van der Waals surface area contributed by atoms with Gasteiger partial charge in [0.2, 0.25) is 0 Å². The fourth-order valence-corrected chi connectivity index (χ4v) is 7.06. The van der Waals surface area contributed by atoms with E-state index in [2.05, 4.69) is 18.2 Å². The molecule has 0 saturated carbocycles. The molecular weight excluding hydrogens is 570 g/mol. The van der Waals surface area contributed by atoms with Gasteiger partial charge in [0.25, 0.3) is 17.1 Å². The summed E-state index contributed by atoms with van der Waals surface area (Å²) in [6.07, 6.45) is 0. The maximum atomic E-state index is 12.0. The average molecular weight is 610 g/mol. The number of nitro groups is 3. The highest BCUT2D eigenvalue weighted by atomic mass is 16.6. The largest absolute Gasteiger partial charge is 0.275 e. The van der Waals surface area contributed by atoms with Crippen molar-refractivity contribution in [3.8, 4) is 33.4 Å². The minimum absolute atomic E-state index is 0.103. The lowest BCUT2D eigenvalue weighted by Gasteiger charge is -2.22. The molecule has 0 amide bonds. The zero-order valence-corrected chi connectivity index (χ0v) is 28.0. The third kappa shape index (κ3) is 5.06. The van der Waals surface area contributed by atoms with Crippen LogP contribution in [0.1, 0.15) is 66.8 Å². The summed E-state index contributed by atoms with van der Waals surface area (Å²) in [5, 5.41) is 36.0. The first-order chi connectivity index (χ1) is 20.8. The molecular formula is C36H39N3O6. The van der Waals surface area contributed by atoms with E-state index in [1.165, 1.54) is 0 Å². The summed E-state index contributed by atoms with van der Waals surface area (Å²) in [5.41, 5.74) is 13.8. The van der Waals surface area contributed by atoms with E-state index in [0.717, 1.165) is 66.8 Å². The van der Waals surface area contributed by atoms with E-state index in [-0.39, 0.29) is 31.8 Å². The van der Waals surface area contributed by atoms with Gasteiger partial charge in [-0.15, -0.1) is 0 Å². The van der Waals surface area contributed by atoms with Crippen molar-refractivity contribution in [2.45, 2.75) is 83.1 Å². The van der Waals surface area contributed by atoms with Crippen LogP contribution in [0, 0.1) is 113 Å². The molecule has 0 aliphatic carbocycles. The Morgan fingerprint density at radius 1 is 0.333 bits per heavy atom. The third-order valence-electron chi connectivity index (χ3n) is 10.1. The standard InChI is InChI=1S/C36H39N3O6/c1-16-22(7)34(37(40)41)23(8)17(2)31(16)28-13-29(32-18(3)24(9)35(38(42)43)25(10)19(32)4)15-30(14-28)33-20(5)26(11)36(39(44)45)27(12)21(33)6/h13-15H,1-12H3. The molecule has 0 unspecified atom stereocenters. The van der Waals surface area contributed by atoms with Gasteiger partial charge < -0.3 is 0 Å². The number of hydrogen-bond acceptors (Lipinski definition) is 6. The fraction of sp³-hybridized carbons (Fsp3) is 0.333. The van der Waals surface area contributed by atoms with Gasteiger partial charge in [-0.2, -0.15) is 0 Å². The summed E-state index contributed by atoms with van der Waals surface area (Å²) in [4.78, 5) is 35.0. The molecule has 9 heteroatoms. The van der Waals surface area contributed by atoms with Crippen LogP contribution >= 0.6 is 0 Å². The van der Waals surface area contributed by atoms with E-state index in [1.807, 2.05) is 41.5 Å². The van der Waals surface area contributed by atoms with Gasteiger partial charge in [-0.25, -0.2) is 0 Å². The highest BCUT2D eigenvalue weighted by Gasteiger charge is 2.28. The molecule has 9 nitrogen and oxygen atoms in total. The Labute approximate surface area is 263 Å². The summed E-state index contributed by atoms with van der Waals surface area (Å²) >= 11 is 0. The zero-order chi connectivity index (χ0) is 34.0. The van der Waals surface area contributed by atoms with Gasteiger partial charge in [0.15, 0.2) is 0 Å². The van der Waals surface area contributed by atoms with Crippen molar-refractivity contribution in [2.24, 2.45) is 0 Å². The van der Waals surface area contributed by atoms with Crippen molar-refractivity contribution in [3.05, 3.63) is 115 Å². The molecule has 4 aromatic carbocycles. The predicted octanol–water partition coefficient (Wildman–Crippen LogP) is 10.1. The van der Waals surface area contributed by atoms with Gasteiger partial charge in [-0.3, -0.25) is 30.3 Å². The van der Waals surface area contributed by atoms with Crippen LogP contribution in [0.3, 0.4) is 0 Å². The van der Waals surface area contributed by atoms with Crippen LogP contribution in [0.2, 0.25) is 0 Å². The van der Waals surface area contributed by atoms with Crippen molar-refractivity contribution in [2.75, 3.05) is 0 Å². The van der Waals surface area contributed by atoms with Gasteiger partial charge >= 0.3 is 0 Å². The first-order valence-electron chi connectivity index (χ1n) is 14.7. The fourth-order valence-electron chi connectivity index (χ4n) is 7.06. The smallest absolute Gasteiger partial charge is 0.258 e. The predicted molar refractivity (Wildman–Crippen MR) is 180 cm³/mol. The van der Waals surface area contributed by atoms with Crippen LogP contribution in [0.15, 0.2) is 18.2 Å². The van der Waals surface area contributed by atoms with Crippen molar-refractivity contribution in [1.29, 1.82) is 0 Å². The molecule has 234 valence electrons. The Morgan fingerprint density at radius 3 is 0.622 bits per heavy atom. The summed E-state index contributed by atoms with van der Waals surface area (Å²) in [5.74, 6) is 0. The van der Waals surface area contributed by atoms with Gasteiger partial charge in [0.05, 0.1) is 14.8 Å². The Bertz CT molecular complexity index is 1680. The van der Waals surface area contributed by atoms with Crippen LogP contribution in [0.5, 0.6) is 0 Å². The second-order valence-corrected chi connectivity index (χ2v) is 12.2. The first-order valence-corrected chi connectivity index (χ1v) is 14.7. The van der Waals surface area contributed by atoms with E-state index >= 15 is 0 Å². The monoisotopic (exact) mass is 609 g/mol. The highest BCUT2D eigenvalue weighted by Crippen LogP contribution is 2.46. The lowest BCUT2D eigenvalue weighted by Crippen LogP contribution is -2.05. The molecule has 45 heavy (non-hydrogen) atoms. The zero-order valence-electron chi connectivity index (χ0n) is 28.0. The molecule has 0 atom stereocenters. The number of rotatable bonds is 6. The molecule has 0 radical (unpaired) electrons. The SMILES string of the molecule is Cc1c(C)c([N+](=O)[O-])c(C)c(C)c1-c1cc(-c2c(C)c(C)c([N+](=O)[O-])c(C)c2C)cc(-c2c(C)c(C)c([N+](=O)[O-])c(C)c2C)c1. The third-order valence-corrected chi connectivity index (χ3v) is 10.1. The molecule has 0 heterocycles. The van der Waals surface area contributed by atoms with E-state index in [9.17, 15) is 30.3 Å². The number of hydrogen-bond donors (Lipinski definition) is 0. The van der Waals surface area contributed by atoms with Gasteiger partial charge in [0.1, 0.15) is 0 Å². The Morgan fingerprint density at radius 2 is 0.489 bits per heavy atom. The number of benzene rings is 4. The average Bonchev–Trinajstić information content (AvgIpc) is 2.94. The minimum atomic E-state index is -0.333. The molecule has 0 fully saturated rings. The Kier molecular flexibility index (Phi) is 8.46. The van der Waals surface area contributed by atoms with Crippen LogP contribution in [-0.2, 0) is 0 Å². The molecule has 0 aliphatic rings.